The van der Waals surface area contributed by atoms with E-state index in [-0.39, 0.29) is 17.7 Å². The number of fused-ring (bicyclic) bond motifs is 1. The van der Waals surface area contributed by atoms with Crippen LogP contribution in [0.25, 0.3) is 10.9 Å². The van der Waals surface area contributed by atoms with Gasteiger partial charge in [0, 0.05) is 17.5 Å². The summed E-state index contributed by atoms with van der Waals surface area (Å²) in [6, 6.07) is 9.80. The maximum atomic E-state index is 12.4. The van der Waals surface area contributed by atoms with E-state index in [2.05, 4.69) is 11.1 Å². The molecule has 1 unspecified atom stereocenters. The summed E-state index contributed by atoms with van der Waals surface area (Å²) in [6.45, 7) is 3.88. The van der Waals surface area contributed by atoms with E-state index in [0.29, 0.717) is 0 Å². The van der Waals surface area contributed by atoms with Crippen LogP contribution in [-0.2, 0) is 4.79 Å². The van der Waals surface area contributed by atoms with Crippen molar-refractivity contribution < 1.29 is 4.79 Å². The van der Waals surface area contributed by atoms with Crippen LogP contribution >= 0.6 is 0 Å². The smallest absolute Gasteiger partial charge is 0.157 e. The van der Waals surface area contributed by atoms with Gasteiger partial charge in [-0.15, -0.1) is 0 Å². The fourth-order valence-electron chi connectivity index (χ4n) is 2.27. The summed E-state index contributed by atoms with van der Waals surface area (Å²) in [5.74, 6) is 0.237. The fraction of sp³-hybridized carbons (Fsp3) is 0.375. The van der Waals surface area contributed by atoms with Crippen LogP contribution in [0.3, 0.4) is 0 Å². The second-order valence-corrected chi connectivity index (χ2v) is 5.38. The number of hydrogen-bond acceptors (Lipinski definition) is 3. The van der Waals surface area contributed by atoms with Crippen molar-refractivity contribution in [3.8, 4) is 0 Å². The summed E-state index contributed by atoms with van der Waals surface area (Å²) in [5.41, 5.74) is 1.92. The zero-order valence-corrected chi connectivity index (χ0v) is 11.9. The fourth-order valence-corrected chi connectivity index (χ4v) is 2.27. The van der Waals surface area contributed by atoms with Gasteiger partial charge in [0.25, 0.3) is 0 Å². The highest BCUT2D eigenvalue weighted by Gasteiger charge is 2.25. The van der Waals surface area contributed by atoms with Crippen LogP contribution in [0.4, 0.5) is 0 Å². The molecule has 1 atom stereocenters. The predicted octanol–water partition coefficient (Wildman–Crippen LogP) is 3.06. The Labute approximate surface area is 114 Å². The van der Waals surface area contributed by atoms with Gasteiger partial charge in [0.2, 0.25) is 0 Å². The molecule has 0 aliphatic heterocycles. The molecule has 2 rings (SSSR count). The molecule has 0 aliphatic rings. The van der Waals surface area contributed by atoms with Crippen LogP contribution in [0.15, 0.2) is 36.5 Å². The Hall–Kier alpha value is -1.74. The van der Waals surface area contributed by atoms with Crippen molar-refractivity contribution in [2.45, 2.75) is 19.9 Å². The highest BCUT2D eigenvalue weighted by molar-refractivity contribution is 5.88. The number of aromatic nitrogens is 1. The normalized spacial score (nSPS) is 13.2. The van der Waals surface area contributed by atoms with E-state index < -0.39 is 0 Å². The molecule has 3 heteroatoms. The van der Waals surface area contributed by atoms with E-state index in [1.165, 1.54) is 0 Å². The highest BCUT2D eigenvalue weighted by Crippen LogP contribution is 2.24. The Morgan fingerprint density at radius 3 is 2.53 bits per heavy atom. The van der Waals surface area contributed by atoms with Gasteiger partial charge >= 0.3 is 0 Å². The molecule has 1 aromatic carbocycles. The number of pyridine rings is 1. The molecule has 2 aromatic rings. The van der Waals surface area contributed by atoms with Gasteiger partial charge in [-0.05, 0) is 31.8 Å². The van der Waals surface area contributed by atoms with Crippen LogP contribution in [0.2, 0.25) is 0 Å². The Kier molecular flexibility index (Phi) is 3.96. The van der Waals surface area contributed by atoms with E-state index in [4.69, 9.17) is 0 Å². The Balaban J connectivity index is 2.47. The molecule has 0 amide bonds. The molecule has 3 nitrogen and oxygen atoms in total. The van der Waals surface area contributed by atoms with E-state index in [9.17, 15) is 4.79 Å². The zero-order valence-electron chi connectivity index (χ0n) is 11.9. The standard InChI is InChI=1S/C16H20N2O/c1-11(2)16(19)15(18(3)4)13-9-12-7-5-6-8-14(12)17-10-13/h5-11,15H,1-4H3. The average Bonchev–Trinajstić information content (AvgIpc) is 2.38. The number of para-hydroxylation sites is 1. The minimum atomic E-state index is -0.225. The summed E-state index contributed by atoms with van der Waals surface area (Å²) in [5, 5.41) is 1.07. The van der Waals surface area contributed by atoms with Gasteiger partial charge in [-0.25, -0.2) is 0 Å². The number of carbonyl (C=O) groups is 1. The molecule has 0 aliphatic carbocycles. The molecule has 0 fully saturated rings. The summed E-state index contributed by atoms with van der Waals surface area (Å²) < 4.78 is 0. The molecule has 0 saturated heterocycles. The minimum Gasteiger partial charge on any atom is -0.297 e. The molecule has 19 heavy (non-hydrogen) atoms. The number of benzene rings is 1. The van der Waals surface area contributed by atoms with Crippen molar-refractivity contribution >= 4 is 16.7 Å². The number of ketones is 1. The Morgan fingerprint density at radius 1 is 1.21 bits per heavy atom. The lowest BCUT2D eigenvalue weighted by molar-refractivity contribution is -0.126. The summed E-state index contributed by atoms with van der Waals surface area (Å²) >= 11 is 0. The van der Waals surface area contributed by atoms with Crippen LogP contribution < -0.4 is 0 Å². The third-order valence-electron chi connectivity index (χ3n) is 3.28. The van der Waals surface area contributed by atoms with Crippen LogP contribution in [0.1, 0.15) is 25.5 Å². The Bertz CT molecular complexity index is 590. The maximum Gasteiger partial charge on any atom is 0.157 e. The molecule has 1 aromatic heterocycles. The SMILES string of the molecule is CC(C)C(=O)C(c1cnc2ccccc2c1)N(C)C. The second kappa shape index (κ2) is 5.49. The first-order chi connectivity index (χ1) is 9.00. The van der Waals surface area contributed by atoms with Gasteiger partial charge < -0.3 is 0 Å². The summed E-state index contributed by atoms with van der Waals surface area (Å²) in [4.78, 5) is 18.8. The van der Waals surface area contributed by atoms with Crippen LogP contribution in [0, 0.1) is 5.92 Å². The number of nitrogens with zero attached hydrogens (tertiary/aromatic N) is 2. The topological polar surface area (TPSA) is 33.2 Å². The zero-order chi connectivity index (χ0) is 14.0. The van der Waals surface area contributed by atoms with E-state index in [0.717, 1.165) is 16.5 Å². The first-order valence-electron chi connectivity index (χ1n) is 6.55. The van der Waals surface area contributed by atoms with Crippen molar-refractivity contribution in [1.29, 1.82) is 0 Å². The van der Waals surface area contributed by atoms with Crippen molar-refractivity contribution in [3.63, 3.8) is 0 Å². The minimum absolute atomic E-state index is 0.0128. The van der Waals surface area contributed by atoms with E-state index >= 15 is 0 Å². The average molecular weight is 256 g/mol. The predicted molar refractivity (Wildman–Crippen MR) is 78.0 cm³/mol. The number of rotatable bonds is 4. The van der Waals surface area contributed by atoms with Crippen molar-refractivity contribution in [3.05, 3.63) is 42.1 Å². The van der Waals surface area contributed by atoms with Gasteiger partial charge in [-0.3, -0.25) is 14.7 Å². The first-order valence-corrected chi connectivity index (χ1v) is 6.55. The van der Waals surface area contributed by atoms with Gasteiger partial charge in [-0.1, -0.05) is 32.0 Å². The summed E-state index contributed by atoms with van der Waals surface area (Å²) in [6.07, 6.45) is 1.81. The molecule has 1 heterocycles. The van der Waals surface area contributed by atoms with Crippen molar-refractivity contribution in [2.24, 2.45) is 5.92 Å². The monoisotopic (exact) mass is 256 g/mol. The van der Waals surface area contributed by atoms with Crippen LogP contribution in [0.5, 0.6) is 0 Å². The van der Waals surface area contributed by atoms with Gasteiger partial charge in [0.1, 0.15) is 0 Å². The third-order valence-corrected chi connectivity index (χ3v) is 3.28. The van der Waals surface area contributed by atoms with Crippen molar-refractivity contribution in [2.75, 3.05) is 14.1 Å². The van der Waals surface area contributed by atoms with Gasteiger partial charge in [-0.2, -0.15) is 0 Å². The van der Waals surface area contributed by atoms with E-state index in [1.807, 2.05) is 63.3 Å². The first kappa shape index (κ1) is 13.7. The lowest BCUT2D eigenvalue weighted by Crippen LogP contribution is -2.30. The second-order valence-electron chi connectivity index (χ2n) is 5.38. The molecule has 0 radical (unpaired) electrons. The molecular weight excluding hydrogens is 236 g/mol. The third kappa shape index (κ3) is 2.82. The quantitative estimate of drug-likeness (QED) is 0.843. The molecule has 100 valence electrons. The van der Waals surface area contributed by atoms with E-state index in [1.54, 1.807) is 0 Å². The lowest BCUT2D eigenvalue weighted by atomic mass is 9.95. The van der Waals surface area contributed by atoms with Crippen LogP contribution in [-0.4, -0.2) is 29.8 Å². The largest absolute Gasteiger partial charge is 0.297 e. The summed E-state index contributed by atoms with van der Waals surface area (Å²) in [7, 11) is 3.86. The van der Waals surface area contributed by atoms with Crippen molar-refractivity contribution in [1.82, 2.24) is 9.88 Å². The number of likely N-dealkylation sites (N-methyl/N-ethyl adjacent to an activating group) is 1. The lowest BCUT2D eigenvalue weighted by Gasteiger charge is -2.25. The highest BCUT2D eigenvalue weighted by atomic mass is 16.1. The maximum absolute atomic E-state index is 12.4. The molecule has 0 spiro atoms. The number of carbonyl (C=O) groups excluding carboxylic acids is 1. The molecule has 0 saturated carbocycles. The number of Topliss-reactive ketones (excluding diaryl/α,β-unsaturated/α-hetero) is 1. The molecular formula is C16H20N2O. The number of hydrogen-bond donors (Lipinski definition) is 0. The Morgan fingerprint density at radius 2 is 1.89 bits per heavy atom. The molecule has 0 bridgehead atoms. The van der Waals surface area contributed by atoms with Gasteiger partial charge in [0.05, 0.1) is 11.6 Å². The molecule has 0 N–H and O–H groups in total. The van der Waals surface area contributed by atoms with Gasteiger partial charge in [0.15, 0.2) is 5.78 Å².